The topological polar surface area (TPSA) is 72.6 Å². The van der Waals surface area contributed by atoms with Gasteiger partial charge in [0.25, 0.3) is 0 Å². The van der Waals surface area contributed by atoms with Gasteiger partial charge in [0.2, 0.25) is 5.91 Å². The third kappa shape index (κ3) is 4.62. The van der Waals surface area contributed by atoms with Crippen LogP contribution in [-0.4, -0.2) is 23.4 Å². The van der Waals surface area contributed by atoms with Crippen molar-refractivity contribution in [2.45, 2.75) is 31.4 Å². The van der Waals surface area contributed by atoms with E-state index < -0.39 is 35.1 Å². The number of halogens is 3. The first-order valence-electron chi connectivity index (χ1n) is 10.8. The van der Waals surface area contributed by atoms with Gasteiger partial charge >= 0.3 is 6.09 Å². The molecule has 34 heavy (non-hydrogen) atoms. The van der Waals surface area contributed by atoms with Gasteiger partial charge in [0, 0.05) is 24.6 Å². The van der Waals surface area contributed by atoms with Crippen molar-refractivity contribution < 1.29 is 27.5 Å². The number of benzene rings is 3. The molecular weight excluding hydrogens is 445 g/mol. The van der Waals surface area contributed by atoms with Crippen LogP contribution in [0.15, 0.2) is 66.7 Å². The van der Waals surface area contributed by atoms with Crippen LogP contribution in [0.1, 0.15) is 36.9 Å². The van der Waals surface area contributed by atoms with Crippen molar-refractivity contribution >= 4 is 12.0 Å². The normalized spacial score (nSPS) is 18.9. The molecule has 1 aliphatic heterocycles. The molecule has 2 atom stereocenters. The molecule has 1 saturated heterocycles. The second-order valence-electron chi connectivity index (χ2n) is 8.38. The van der Waals surface area contributed by atoms with Gasteiger partial charge in [-0.2, -0.15) is 0 Å². The number of cyclic esters (lactones) is 1. The molecule has 2 amide bonds. The Morgan fingerprint density at radius 2 is 1.68 bits per heavy atom. The summed E-state index contributed by atoms with van der Waals surface area (Å²) in [6.45, 7) is 2.10. The number of nitrogens with two attached hydrogens (primary N) is 1. The highest BCUT2D eigenvalue weighted by atomic mass is 19.1. The molecule has 1 aliphatic rings. The summed E-state index contributed by atoms with van der Waals surface area (Å²) in [4.78, 5) is 26.3. The highest BCUT2D eigenvalue weighted by Gasteiger charge is 2.44. The number of primary amides is 1. The van der Waals surface area contributed by atoms with Crippen LogP contribution in [0.5, 0.6) is 0 Å². The molecule has 3 aromatic carbocycles. The van der Waals surface area contributed by atoms with Crippen molar-refractivity contribution in [3.05, 3.63) is 95.3 Å². The minimum absolute atomic E-state index is 0.218. The van der Waals surface area contributed by atoms with Gasteiger partial charge in [0.15, 0.2) is 0 Å². The molecular formula is C26H23F3N2O3. The van der Waals surface area contributed by atoms with Crippen molar-refractivity contribution in [1.29, 1.82) is 0 Å². The second-order valence-corrected chi connectivity index (χ2v) is 8.38. The number of hydrogen-bond acceptors (Lipinski definition) is 3. The van der Waals surface area contributed by atoms with Crippen LogP contribution >= 0.6 is 0 Å². The molecule has 0 spiro atoms. The molecule has 0 aromatic heterocycles. The Hall–Kier alpha value is -3.81. The fourth-order valence-electron chi connectivity index (χ4n) is 4.33. The Kier molecular flexibility index (Phi) is 6.32. The number of amides is 2. The average Bonchev–Trinajstić information content (AvgIpc) is 2.79. The number of rotatable bonds is 6. The Morgan fingerprint density at radius 3 is 2.26 bits per heavy atom. The molecule has 1 heterocycles. The Balaban J connectivity index is 1.54. The molecule has 3 aromatic rings. The fourth-order valence-corrected chi connectivity index (χ4v) is 4.33. The van der Waals surface area contributed by atoms with Crippen molar-refractivity contribution in [2.75, 3.05) is 6.54 Å². The fraction of sp³-hybridized carbons (Fsp3) is 0.231. The van der Waals surface area contributed by atoms with Gasteiger partial charge in [-0.25, -0.2) is 18.0 Å². The van der Waals surface area contributed by atoms with Crippen LogP contribution in [0, 0.1) is 17.5 Å². The van der Waals surface area contributed by atoms with E-state index in [0.717, 1.165) is 11.6 Å². The second kappa shape index (κ2) is 9.21. The van der Waals surface area contributed by atoms with Gasteiger partial charge < -0.3 is 15.4 Å². The summed E-state index contributed by atoms with van der Waals surface area (Å²) in [6, 6.07) is 15.4. The third-order valence-corrected chi connectivity index (χ3v) is 6.21. The molecule has 1 unspecified atom stereocenters. The number of carbonyl (C=O) groups excluding carboxylic acids is 2. The Morgan fingerprint density at radius 1 is 1.03 bits per heavy atom. The van der Waals surface area contributed by atoms with Crippen LogP contribution < -0.4 is 5.73 Å². The summed E-state index contributed by atoms with van der Waals surface area (Å²) >= 11 is 0. The van der Waals surface area contributed by atoms with E-state index in [1.54, 1.807) is 24.3 Å². The van der Waals surface area contributed by atoms with Gasteiger partial charge in [-0.05, 0) is 47.9 Å². The van der Waals surface area contributed by atoms with E-state index in [2.05, 4.69) is 0 Å². The largest absolute Gasteiger partial charge is 0.437 e. The summed E-state index contributed by atoms with van der Waals surface area (Å²) in [5, 5.41) is 0. The molecule has 2 N–H and O–H groups in total. The standard InChI is InChI=1S/C26H23F3N2O3/c1-16(17-2-4-18(5-3-17)22-11-10-21(28)14-23(22)29)31-13-12-26(15-24(30)32,34-25(31)33)19-6-8-20(27)9-7-19/h2-11,14,16H,12-13,15H2,1H3,(H2,30,32)/t16?,26-/m0/s1. The molecule has 1 fully saturated rings. The van der Waals surface area contributed by atoms with E-state index in [4.69, 9.17) is 10.5 Å². The number of ether oxygens (including phenoxy) is 1. The molecule has 0 bridgehead atoms. The maximum atomic E-state index is 14.1. The summed E-state index contributed by atoms with van der Waals surface area (Å²) in [5.41, 5.74) is 6.29. The number of carbonyl (C=O) groups is 2. The monoisotopic (exact) mass is 468 g/mol. The molecule has 0 radical (unpaired) electrons. The van der Waals surface area contributed by atoms with Gasteiger partial charge in [-0.15, -0.1) is 0 Å². The summed E-state index contributed by atoms with van der Waals surface area (Å²) < 4.78 is 46.5. The quantitative estimate of drug-likeness (QED) is 0.523. The van der Waals surface area contributed by atoms with Gasteiger partial charge in [0.1, 0.15) is 23.1 Å². The zero-order valence-corrected chi connectivity index (χ0v) is 18.4. The van der Waals surface area contributed by atoms with Crippen molar-refractivity contribution in [1.82, 2.24) is 4.90 Å². The zero-order valence-electron chi connectivity index (χ0n) is 18.4. The summed E-state index contributed by atoms with van der Waals surface area (Å²) in [5.74, 6) is -2.39. The van der Waals surface area contributed by atoms with E-state index >= 15 is 0 Å². The molecule has 176 valence electrons. The molecule has 5 nitrogen and oxygen atoms in total. The lowest BCUT2D eigenvalue weighted by Gasteiger charge is -2.43. The highest BCUT2D eigenvalue weighted by molar-refractivity contribution is 5.77. The number of nitrogens with zero attached hydrogens (tertiary/aromatic N) is 1. The molecule has 0 aliphatic carbocycles. The van der Waals surface area contributed by atoms with Crippen LogP contribution in [0.3, 0.4) is 0 Å². The predicted molar refractivity (Wildman–Crippen MR) is 120 cm³/mol. The summed E-state index contributed by atoms with van der Waals surface area (Å²) in [7, 11) is 0. The lowest BCUT2D eigenvalue weighted by Crippen LogP contribution is -2.50. The smallest absolute Gasteiger partial charge is 0.411 e. The molecule has 0 saturated carbocycles. The Labute approximate surface area is 194 Å². The zero-order chi connectivity index (χ0) is 24.5. The van der Waals surface area contributed by atoms with Gasteiger partial charge in [-0.3, -0.25) is 4.79 Å². The maximum absolute atomic E-state index is 14.1. The predicted octanol–water partition coefficient (Wildman–Crippen LogP) is 5.45. The molecule has 4 rings (SSSR count). The van der Waals surface area contributed by atoms with Gasteiger partial charge in [0.05, 0.1) is 12.5 Å². The molecule has 8 heteroatoms. The van der Waals surface area contributed by atoms with E-state index in [-0.39, 0.29) is 31.0 Å². The van der Waals surface area contributed by atoms with E-state index in [1.807, 2.05) is 6.92 Å². The first-order valence-corrected chi connectivity index (χ1v) is 10.8. The van der Waals surface area contributed by atoms with Crippen LogP contribution in [-0.2, 0) is 15.1 Å². The van der Waals surface area contributed by atoms with Crippen molar-refractivity contribution in [3.63, 3.8) is 0 Å². The lowest BCUT2D eigenvalue weighted by molar-refractivity contribution is -0.127. The maximum Gasteiger partial charge on any atom is 0.411 e. The first-order chi connectivity index (χ1) is 16.2. The minimum atomic E-state index is -1.27. The van der Waals surface area contributed by atoms with E-state index in [1.165, 1.54) is 41.3 Å². The van der Waals surface area contributed by atoms with Crippen molar-refractivity contribution in [3.8, 4) is 11.1 Å². The van der Waals surface area contributed by atoms with Gasteiger partial charge in [-0.1, -0.05) is 36.4 Å². The highest BCUT2D eigenvalue weighted by Crippen LogP contribution is 2.39. The average molecular weight is 468 g/mol. The van der Waals surface area contributed by atoms with Crippen LogP contribution in [0.2, 0.25) is 0 Å². The SMILES string of the molecule is CC(c1ccc(-c2ccc(F)cc2F)cc1)N1CC[C@](CC(N)=O)(c2ccc(F)cc2)OC1=O. The van der Waals surface area contributed by atoms with E-state index in [0.29, 0.717) is 11.1 Å². The van der Waals surface area contributed by atoms with Crippen molar-refractivity contribution in [2.24, 2.45) is 5.73 Å². The van der Waals surface area contributed by atoms with Crippen LogP contribution in [0.4, 0.5) is 18.0 Å². The minimum Gasteiger partial charge on any atom is -0.437 e. The Bertz CT molecular complexity index is 1210. The van der Waals surface area contributed by atoms with E-state index in [9.17, 15) is 22.8 Å². The lowest BCUT2D eigenvalue weighted by atomic mass is 9.85. The first kappa shape index (κ1) is 23.4. The summed E-state index contributed by atoms with van der Waals surface area (Å²) in [6.07, 6.45) is -0.556. The third-order valence-electron chi connectivity index (χ3n) is 6.21. The van der Waals surface area contributed by atoms with Crippen LogP contribution in [0.25, 0.3) is 11.1 Å². The number of hydrogen-bond donors (Lipinski definition) is 1.